The van der Waals surface area contributed by atoms with Crippen LogP contribution in [0.15, 0.2) is 58.3 Å². The lowest BCUT2D eigenvalue weighted by Gasteiger charge is -2.16. The fraction of sp³-hybridized carbons (Fsp3) is 0.400. The molecule has 2 aliphatic heterocycles. The van der Waals surface area contributed by atoms with Crippen LogP contribution < -0.4 is 4.74 Å². The van der Waals surface area contributed by atoms with Gasteiger partial charge in [-0.1, -0.05) is 0 Å². The van der Waals surface area contributed by atoms with Gasteiger partial charge >= 0.3 is 0 Å². The van der Waals surface area contributed by atoms with Crippen molar-refractivity contribution < 1.29 is 21.6 Å². The fourth-order valence-electron chi connectivity index (χ4n) is 3.65. The highest BCUT2D eigenvalue weighted by molar-refractivity contribution is 7.89. The number of sulfonamides is 2. The number of ether oxygens (including phenoxy) is 1. The van der Waals surface area contributed by atoms with Gasteiger partial charge in [0.1, 0.15) is 11.5 Å². The third-order valence-corrected chi connectivity index (χ3v) is 9.11. The Morgan fingerprint density at radius 2 is 0.862 bits per heavy atom. The van der Waals surface area contributed by atoms with Crippen molar-refractivity contribution in [1.82, 2.24) is 8.61 Å². The molecule has 0 aromatic heterocycles. The van der Waals surface area contributed by atoms with Crippen LogP contribution in [0.2, 0.25) is 0 Å². The van der Waals surface area contributed by atoms with Crippen molar-refractivity contribution >= 4 is 20.0 Å². The maximum atomic E-state index is 12.6. The number of benzene rings is 2. The summed E-state index contributed by atoms with van der Waals surface area (Å²) in [5.41, 5.74) is 0. The van der Waals surface area contributed by atoms with Gasteiger partial charge < -0.3 is 4.74 Å². The average molecular weight is 437 g/mol. The molecule has 2 heterocycles. The summed E-state index contributed by atoms with van der Waals surface area (Å²) in [6, 6.07) is 12.6. The maximum absolute atomic E-state index is 12.6. The first kappa shape index (κ1) is 20.3. The van der Waals surface area contributed by atoms with Crippen LogP contribution in [-0.2, 0) is 20.0 Å². The Balaban J connectivity index is 1.45. The second kappa shape index (κ2) is 8.06. The minimum absolute atomic E-state index is 0.249. The Morgan fingerprint density at radius 3 is 1.17 bits per heavy atom. The Bertz CT molecular complexity index is 965. The fourth-order valence-corrected chi connectivity index (χ4v) is 6.68. The van der Waals surface area contributed by atoms with Gasteiger partial charge in [0.2, 0.25) is 20.0 Å². The lowest BCUT2D eigenvalue weighted by Crippen LogP contribution is -2.27. The van der Waals surface area contributed by atoms with Gasteiger partial charge in [-0.2, -0.15) is 8.61 Å². The molecule has 0 bridgehead atoms. The minimum atomic E-state index is -3.45. The van der Waals surface area contributed by atoms with Crippen molar-refractivity contribution in [2.75, 3.05) is 26.2 Å². The molecule has 0 amide bonds. The van der Waals surface area contributed by atoms with E-state index in [2.05, 4.69) is 0 Å². The van der Waals surface area contributed by atoms with E-state index >= 15 is 0 Å². The SMILES string of the molecule is O=S(=O)(c1ccc(Oc2ccc(S(=O)(=O)N3CCCC3)cc2)cc1)N1CCCC1. The molecule has 7 nitrogen and oxygen atoms in total. The van der Waals surface area contributed by atoms with Crippen molar-refractivity contribution in [2.24, 2.45) is 0 Å². The number of nitrogens with zero attached hydrogens (tertiary/aromatic N) is 2. The van der Waals surface area contributed by atoms with E-state index in [4.69, 9.17) is 4.74 Å². The predicted molar refractivity (Wildman–Crippen MR) is 109 cm³/mol. The monoisotopic (exact) mass is 436 g/mol. The normalized spacial score (nSPS) is 18.9. The Morgan fingerprint density at radius 1 is 0.552 bits per heavy atom. The molecule has 2 saturated heterocycles. The third kappa shape index (κ3) is 4.18. The first-order chi connectivity index (χ1) is 13.9. The van der Waals surface area contributed by atoms with Gasteiger partial charge in [0.25, 0.3) is 0 Å². The lowest BCUT2D eigenvalue weighted by molar-refractivity contribution is 0.473. The Hall–Kier alpha value is -1.94. The highest BCUT2D eigenvalue weighted by Crippen LogP contribution is 2.28. The zero-order valence-corrected chi connectivity index (χ0v) is 17.7. The highest BCUT2D eigenvalue weighted by Gasteiger charge is 2.28. The van der Waals surface area contributed by atoms with Crippen LogP contribution >= 0.6 is 0 Å². The van der Waals surface area contributed by atoms with Crippen LogP contribution in [0.3, 0.4) is 0 Å². The Labute approximate surface area is 172 Å². The summed E-state index contributed by atoms with van der Waals surface area (Å²) >= 11 is 0. The molecule has 156 valence electrons. The van der Waals surface area contributed by atoms with Crippen molar-refractivity contribution in [3.05, 3.63) is 48.5 Å². The van der Waals surface area contributed by atoms with E-state index in [-0.39, 0.29) is 9.79 Å². The molecule has 2 aliphatic rings. The molecule has 2 aromatic rings. The van der Waals surface area contributed by atoms with Gasteiger partial charge in [0.15, 0.2) is 0 Å². The van der Waals surface area contributed by atoms with Crippen LogP contribution in [0.25, 0.3) is 0 Å². The van der Waals surface area contributed by atoms with Gasteiger partial charge in [0, 0.05) is 26.2 Å². The molecule has 2 fully saturated rings. The van der Waals surface area contributed by atoms with Crippen LogP contribution in [0.4, 0.5) is 0 Å². The molecule has 2 aromatic carbocycles. The van der Waals surface area contributed by atoms with E-state index in [1.54, 1.807) is 24.3 Å². The summed E-state index contributed by atoms with van der Waals surface area (Å²) in [5.74, 6) is 0.973. The summed E-state index contributed by atoms with van der Waals surface area (Å²) in [6.07, 6.45) is 3.57. The molecule has 29 heavy (non-hydrogen) atoms. The van der Waals surface area contributed by atoms with Gasteiger partial charge in [-0.25, -0.2) is 16.8 Å². The van der Waals surface area contributed by atoms with Gasteiger partial charge in [-0.05, 0) is 74.2 Å². The molecule has 0 atom stereocenters. The van der Waals surface area contributed by atoms with Crippen LogP contribution in [0, 0.1) is 0 Å². The van der Waals surface area contributed by atoms with Crippen molar-refractivity contribution in [3.8, 4) is 11.5 Å². The third-order valence-electron chi connectivity index (χ3n) is 5.29. The smallest absolute Gasteiger partial charge is 0.243 e. The minimum Gasteiger partial charge on any atom is -0.457 e. The quantitative estimate of drug-likeness (QED) is 0.695. The molecule has 0 unspecified atom stereocenters. The first-order valence-electron chi connectivity index (χ1n) is 9.76. The largest absolute Gasteiger partial charge is 0.457 e. The van der Waals surface area contributed by atoms with E-state index in [0.29, 0.717) is 37.7 Å². The summed E-state index contributed by atoms with van der Waals surface area (Å²) < 4.78 is 59.0. The molecule has 0 saturated carbocycles. The predicted octanol–water partition coefficient (Wildman–Crippen LogP) is 3.05. The van der Waals surface area contributed by atoms with Crippen LogP contribution in [-0.4, -0.2) is 51.6 Å². The zero-order valence-electron chi connectivity index (χ0n) is 16.0. The molecular formula is C20H24N2O5S2. The van der Waals surface area contributed by atoms with Gasteiger partial charge in [0.05, 0.1) is 9.79 Å². The standard InChI is InChI=1S/C20H24N2O5S2/c23-28(24,21-13-1-2-14-21)19-9-5-17(6-10-19)27-18-7-11-20(12-8-18)29(25,26)22-15-3-4-16-22/h5-12H,1-4,13-16H2. The summed E-state index contributed by atoms with van der Waals surface area (Å²) in [5, 5.41) is 0. The summed E-state index contributed by atoms with van der Waals surface area (Å²) in [6.45, 7) is 2.25. The van der Waals surface area contributed by atoms with E-state index in [1.165, 1.54) is 32.9 Å². The molecule has 0 aliphatic carbocycles. The van der Waals surface area contributed by atoms with Crippen molar-refractivity contribution in [2.45, 2.75) is 35.5 Å². The van der Waals surface area contributed by atoms with Gasteiger partial charge in [-0.15, -0.1) is 0 Å². The van der Waals surface area contributed by atoms with Crippen LogP contribution in [0.5, 0.6) is 11.5 Å². The zero-order chi connectivity index (χ0) is 20.5. The molecule has 4 rings (SSSR count). The molecular weight excluding hydrogens is 412 g/mol. The summed E-state index contributed by atoms with van der Waals surface area (Å²) in [4.78, 5) is 0.498. The first-order valence-corrected chi connectivity index (χ1v) is 12.6. The topological polar surface area (TPSA) is 84.0 Å². The maximum Gasteiger partial charge on any atom is 0.243 e. The highest BCUT2D eigenvalue weighted by atomic mass is 32.2. The van der Waals surface area contributed by atoms with E-state index in [9.17, 15) is 16.8 Å². The van der Waals surface area contributed by atoms with E-state index in [0.717, 1.165) is 25.7 Å². The van der Waals surface area contributed by atoms with Crippen molar-refractivity contribution in [1.29, 1.82) is 0 Å². The van der Waals surface area contributed by atoms with Crippen LogP contribution in [0.1, 0.15) is 25.7 Å². The number of hydrogen-bond donors (Lipinski definition) is 0. The summed E-state index contributed by atoms with van der Waals surface area (Å²) in [7, 11) is -6.90. The lowest BCUT2D eigenvalue weighted by atomic mass is 10.3. The second-order valence-electron chi connectivity index (χ2n) is 7.27. The number of hydrogen-bond acceptors (Lipinski definition) is 5. The van der Waals surface area contributed by atoms with Gasteiger partial charge in [-0.3, -0.25) is 0 Å². The molecule has 0 N–H and O–H groups in total. The van der Waals surface area contributed by atoms with E-state index in [1.807, 2.05) is 0 Å². The second-order valence-corrected chi connectivity index (χ2v) is 11.1. The molecule has 9 heteroatoms. The number of rotatable bonds is 6. The Kier molecular flexibility index (Phi) is 5.65. The average Bonchev–Trinajstić information content (AvgIpc) is 3.43. The van der Waals surface area contributed by atoms with Crippen molar-refractivity contribution in [3.63, 3.8) is 0 Å². The molecule has 0 spiro atoms. The molecule has 0 radical (unpaired) electrons. The van der Waals surface area contributed by atoms with E-state index < -0.39 is 20.0 Å².